The summed E-state index contributed by atoms with van der Waals surface area (Å²) < 4.78 is 41.2. The maximum absolute atomic E-state index is 12.1. The average Bonchev–Trinajstić information content (AvgIpc) is 2.28. The van der Waals surface area contributed by atoms with Crippen molar-refractivity contribution >= 4 is 17.2 Å². The molecule has 7 heteroatoms. The summed E-state index contributed by atoms with van der Waals surface area (Å²) in [6.45, 7) is 0. The van der Waals surface area contributed by atoms with Crippen LogP contribution in [-0.2, 0) is 0 Å². The largest absolute Gasteiger partial charge is 0.497 e. The zero-order chi connectivity index (χ0) is 13.8. The van der Waals surface area contributed by atoms with Gasteiger partial charge in [-0.2, -0.15) is 13.2 Å². The molecule has 0 unspecified atom stereocenters. The first-order valence-electron chi connectivity index (χ1n) is 4.94. The molecule has 0 aliphatic carbocycles. The average molecular weight is 259 g/mol. The first kappa shape index (κ1) is 14.0. The quantitative estimate of drug-likeness (QED) is 0.644. The first-order valence-corrected chi connectivity index (χ1v) is 4.94. The first-order chi connectivity index (χ1) is 8.32. The molecular weight excluding hydrogens is 247 g/mol. The summed E-state index contributed by atoms with van der Waals surface area (Å²) >= 11 is 0. The van der Waals surface area contributed by atoms with E-state index in [1.54, 1.807) is 24.3 Å². The third kappa shape index (κ3) is 4.08. The van der Waals surface area contributed by atoms with Gasteiger partial charge in [0, 0.05) is 0 Å². The summed E-state index contributed by atoms with van der Waals surface area (Å²) in [5.74, 6) is 0.345. The molecule has 0 fully saturated rings. The van der Waals surface area contributed by atoms with E-state index in [9.17, 15) is 13.2 Å². The molecule has 0 amide bonds. The van der Waals surface area contributed by atoms with Crippen LogP contribution in [0.25, 0.3) is 0 Å². The second-order valence-corrected chi connectivity index (χ2v) is 3.45. The number of nitrogens with zero attached hydrogens (tertiary/aromatic N) is 1. The van der Waals surface area contributed by atoms with Crippen LogP contribution in [0.2, 0.25) is 0 Å². The van der Waals surface area contributed by atoms with Gasteiger partial charge in [0.15, 0.2) is 0 Å². The predicted molar refractivity (Wildman–Crippen MR) is 62.7 cm³/mol. The predicted octanol–water partition coefficient (Wildman–Crippen LogP) is 2.66. The van der Waals surface area contributed by atoms with Crippen molar-refractivity contribution in [3.05, 3.63) is 24.3 Å². The van der Waals surface area contributed by atoms with Crippen molar-refractivity contribution in [3.8, 4) is 5.75 Å². The van der Waals surface area contributed by atoms with Crippen molar-refractivity contribution in [1.29, 1.82) is 5.41 Å². The molecule has 0 aromatic heterocycles. The van der Waals surface area contributed by atoms with E-state index in [0.29, 0.717) is 11.4 Å². The van der Waals surface area contributed by atoms with Crippen LogP contribution in [0.5, 0.6) is 5.75 Å². The Hall–Kier alpha value is -2.05. The summed E-state index contributed by atoms with van der Waals surface area (Å²) in [4.78, 5) is 3.79. The zero-order valence-electron chi connectivity index (χ0n) is 9.58. The van der Waals surface area contributed by atoms with Gasteiger partial charge in [-0.25, -0.2) is 4.99 Å². The number of nitrogens with two attached hydrogens (primary N) is 1. The third-order valence-corrected chi connectivity index (χ3v) is 2.05. The molecule has 1 aromatic carbocycles. The molecule has 0 spiro atoms. The van der Waals surface area contributed by atoms with Gasteiger partial charge in [0.25, 0.3) is 0 Å². The summed E-state index contributed by atoms with van der Waals surface area (Å²) in [7, 11) is 1.50. The van der Waals surface area contributed by atoms with Crippen LogP contribution in [0.1, 0.15) is 6.42 Å². The van der Waals surface area contributed by atoms with Crippen LogP contribution >= 0.6 is 0 Å². The molecule has 0 atom stereocenters. The minimum atomic E-state index is -4.67. The minimum Gasteiger partial charge on any atom is -0.497 e. The number of ether oxygens (including phenoxy) is 1. The van der Waals surface area contributed by atoms with Crippen LogP contribution < -0.4 is 10.5 Å². The summed E-state index contributed by atoms with van der Waals surface area (Å²) in [6, 6.07) is 6.34. The Morgan fingerprint density at radius 3 is 2.33 bits per heavy atom. The Kier molecular flexibility index (Phi) is 4.30. The molecule has 0 heterocycles. The molecule has 0 saturated heterocycles. The molecule has 98 valence electrons. The number of benzene rings is 1. The van der Waals surface area contributed by atoms with E-state index in [1.807, 2.05) is 0 Å². The number of hydrogen-bond acceptors (Lipinski definition) is 3. The smallest absolute Gasteiger partial charge is 0.429 e. The maximum Gasteiger partial charge on any atom is 0.429 e. The fraction of sp³-hybridized carbons (Fsp3) is 0.273. The van der Waals surface area contributed by atoms with E-state index in [1.165, 1.54) is 7.11 Å². The lowest BCUT2D eigenvalue weighted by molar-refractivity contribution is -0.0605. The monoisotopic (exact) mass is 259 g/mol. The van der Waals surface area contributed by atoms with Gasteiger partial charge in [0.2, 0.25) is 0 Å². The number of nitrogens with one attached hydrogen (secondary N) is 1. The van der Waals surface area contributed by atoms with E-state index >= 15 is 0 Å². The van der Waals surface area contributed by atoms with Gasteiger partial charge >= 0.3 is 6.18 Å². The van der Waals surface area contributed by atoms with Gasteiger partial charge in [0.05, 0.1) is 19.2 Å². The molecule has 0 aliphatic heterocycles. The van der Waals surface area contributed by atoms with Gasteiger partial charge in [-0.1, -0.05) is 0 Å². The normalized spacial score (nSPS) is 12.3. The van der Waals surface area contributed by atoms with E-state index < -0.39 is 18.3 Å². The van der Waals surface area contributed by atoms with Crippen LogP contribution in [0.15, 0.2) is 29.3 Å². The van der Waals surface area contributed by atoms with Crippen molar-refractivity contribution in [2.75, 3.05) is 7.11 Å². The Bertz CT molecular complexity index is 452. The number of rotatable bonds is 4. The van der Waals surface area contributed by atoms with Crippen molar-refractivity contribution in [2.45, 2.75) is 12.6 Å². The number of aliphatic imine (C=N–C) groups is 1. The molecule has 0 saturated carbocycles. The summed E-state index contributed by atoms with van der Waals surface area (Å²) in [5.41, 5.74) is 4.34. The van der Waals surface area contributed by atoms with E-state index in [0.717, 1.165) is 0 Å². The van der Waals surface area contributed by atoms with Gasteiger partial charge in [-0.05, 0) is 24.3 Å². The highest BCUT2D eigenvalue weighted by Gasteiger charge is 2.34. The molecule has 18 heavy (non-hydrogen) atoms. The van der Waals surface area contributed by atoms with Gasteiger partial charge in [-0.15, -0.1) is 0 Å². The van der Waals surface area contributed by atoms with Gasteiger partial charge in [0.1, 0.15) is 17.3 Å². The van der Waals surface area contributed by atoms with Crippen LogP contribution in [-0.4, -0.2) is 24.8 Å². The molecule has 1 rings (SSSR count). The highest BCUT2D eigenvalue weighted by molar-refractivity contribution is 6.04. The van der Waals surface area contributed by atoms with Crippen LogP contribution in [0, 0.1) is 5.41 Å². The Labute approximate surface area is 102 Å². The lowest BCUT2D eigenvalue weighted by atomic mass is 10.2. The van der Waals surface area contributed by atoms with E-state index in [-0.39, 0.29) is 5.84 Å². The van der Waals surface area contributed by atoms with Crippen molar-refractivity contribution in [2.24, 2.45) is 10.7 Å². The topological polar surface area (TPSA) is 71.5 Å². The zero-order valence-corrected chi connectivity index (χ0v) is 9.58. The van der Waals surface area contributed by atoms with Crippen molar-refractivity contribution in [1.82, 2.24) is 0 Å². The number of hydrogen-bond donors (Lipinski definition) is 2. The van der Waals surface area contributed by atoms with Crippen molar-refractivity contribution in [3.63, 3.8) is 0 Å². The Morgan fingerprint density at radius 2 is 1.89 bits per heavy atom. The molecule has 4 nitrogen and oxygen atoms in total. The number of methoxy groups -OCH3 is 1. The number of amidine groups is 1. The van der Waals surface area contributed by atoms with E-state index in [2.05, 4.69) is 4.99 Å². The standard InChI is InChI=1S/C11H12F3N3O/c1-18-8-4-2-7(3-5-8)17-10(16)6-9(15)11(12,13)14/h2-5,15H,6H2,1H3,(H2,16,17). The minimum absolute atomic E-state index is 0.262. The second kappa shape index (κ2) is 5.52. The molecule has 0 aliphatic rings. The fourth-order valence-corrected chi connectivity index (χ4v) is 1.14. The van der Waals surface area contributed by atoms with E-state index in [4.69, 9.17) is 15.9 Å². The highest BCUT2D eigenvalue weighted by Crippen LogP contribution is 2.20. The fourth-order valence-electron chi connectivity index (χ4n) is 1.14. The Morgan fingerprint density at radius 1 is 1.33 bits per heavy atom. The lowest BCUT2D eigenvalue weighted by Crippen LogP contribution is -2.27. The molecular formula is C11H12F3N3O. The molecule has 0 radical (unpaired) electrons. The molecule has 0 bridgehead atoms. The van der Waals surface area contributed by atoms with Crippen molar-refractivity contribution < 1.29 is 17.9 Å². The van der Waals surface area contributed by atoms with Crippen LogP contribution in [0.3, 0.4) is 0 Å². The second-order valence-electron chi connectivity index (χ2n) is 3.45. The van der Waals surface area contributed by atoms with Crippen LogP contribution in [0.4, 0.5) is 18.9 Å². The van der Waals surface area contributed by atoms with Gasteiger partial charge in [-0.3, -0.25) is 0 Å². The van der Waals surface area contributed by atoms with Gasteiger partial charge < -0.3 is 15.9 Å². The molecule has 3 N–H and O–H groups in total. The SMILES string of the molecule is COc1ccc(N=C(N)CC(=N)C(F)(F)F)cc1. The number of alkyl halides is 3. The third-order valence-electron chi connectivity index (χ3n) is 2.05. The Balaban J connectivity index is 2.73. The maximum atomic E-state index is 12.1. The molecule has 1 aromatic rings. The summed E-state index contributed by atoms with van der Waals surface area (Å²) in [5, 5.41) is 6.79. The highest BCUT2D eigenvalue weighted by atomic mass is 19.4. The lowest BCUT2D eigenvalue weighted by Gasteiger charge is -2.07. The summed E-state index contributed by atoms with van der Waals surface area (Å²) in [6.07, 6.45) is -5.39. The number of halogens is 3.